The van der Waals surface area contributed by atoms with E-state index in [0.29, 0.717) is 11.4 Å². The SMILES string of the molecule is CON(C)S(=O)(=O)c1ccc(NC(=O)NCc2cccc(NC(C)=O)c2)cc1. The molecule has 0 saturated carbocycles. The molecular formula is C18H22N4O5S. The van der Waals surface area contributed by atoms with Gasteiger partial charge in [-0.15, -0.1) is 0 Å². The lowest BCUT2D eigenvalue weighted by molar-refractivity contribution is -0.114. The van der Waals surface area contributed by atoms with E-state index < -0.39 is 16.1 Å². The van der Waals surface area contributed by atoms with Crippen molar-refractivity contribution >= 4 is 33.3 Å². The van der Waals surface area contributed by atoms with Crippen molar-refractivity contribution in [2.75, 3.05) is 24.8 Å². The second-order valence-electron chi connectivity index (χ2n) is 5.81. The second-order valence-corrected chi connectivity index (χ2v) is 7.75. The van der Waals surface area contributed by atoms with Crippen molar-refractivity contribution in [3.05, 3.63) is 54.1 Å². The van der Waals surface area contributed by atoms with E-state index in [2.05, 4.69) is 16.0 Å². The van der Waals surface area contributed by atoms with E-state index in [1.807, 2.05) is 6.07 Å². The van der Waals surface area contributed by atoms with Gasteiger partial charge in [0.15, 0.2) is 0 Å². The summed E-state index contributed by atoms with van der Waals surface area (Å²) in [4.78, 5) is 27.9. The Balaban J connectivity index is 1.94. The molecule has 10 heteroatoms. The second kappa shape index (κ2) is 9.31. The van der Waals surface area contributed by atoms with Crippen LogP contribution in [0.5, 0.6) is 0 Å². The number of amides is 3. The average molecular weight is 406 g/mol. The fraction of sp³-hybridized carbons (Fsp3) is 0.222. The molecule has 2 aromatic carbocycles. The molecular weight excluding hydrogens is 384 g/mol. The summed E-state index contributed by atoms with van der Waals surface area (Å²) in [6.07, 6.45) is 0. The quantitative estimate of drug-likeness (QED) is 0.609. The van der Waals surface area contributed by atoms with Crippen LogP contribution in [-0.2, 0) is 26.2 Å². The standard InChI is InChI=1S/C18H22N4O5S/c1-13(23)20-16-6-4-5-14(11-16)12-19-18(24)21-15-7-9-17(10-8-15)28(25,26)22(2)27-3/h4-11H,12H2,1-3H3,(H,20,23)(H2,19,21,24). The van der Waals surface area contributed by atoms with Crippen molar-refractivity contribution < 1.29 is 22.8 Å². The largest absolute Gasteiger partial charge is 0.334 e. The summed E-state index contributed by atoms with van der Waals surface area (Å²) >= 11 is 0. The highest BCUT2D eigenvalue weighted by molar-refractivity contribution is 7.89. The van der Waals surface area contributed by atoms with Crippen LogP contribution in [0.1, 0.15) is 12.5 Å². The normalized spacial score (nSPS) is 11.1. The molecule has 0 bridgehead atoms. The van der Waals surface area contributed by atoms with E-state index in [0.717, 1.165) is 10.0 Å². The van der Waals surface area contributed by atoms with Gasteiger partial charge in [0.1, 0.15) is 0 Å². The molecule has 0 saturated heterocycles. The maximum atomic E-state index is 12.1. The molecule has 3 N–H and O–H groups in total. The molecule has 3 amide bonds. The minimum Gasteiger partial charge on any atom is -0.334 e. The van der Waals surface area contributed by atoms with E-state index in [-0.39, 0.29) is 17.3 Å². The number of rotatable bonds is 7. The van der Waals surface area contributed by atoms with Crippen LogP contribution in [0.15, 0.2) is 53.4 Å². The maximum Gasteiger partial charge on any atom is 0.319 e. The molecule has 0 aromatic heterocycles. The Labute approximate surface area is 163 Å². The summed E-state index contributed by atoms with van der Waals surface area (Å²) in [6, 6.07) is 12.4. The van der Waals surface area contributed by atoms with Gasteiger partial charge in [-0.25, -0.2) is 13.2 Å². The molecule has 0 unspecified atom stereocenters. The highest BCUT2D eigenvalue weighted by Crippen LogP contribution is 2.17. The van der Waals surface area contributed by atoms with Crippen LogP contribution in [0.3, 0.4) is 0 Å². The lowest BCUT2D eigenvalue weighted by atomic mass is 10.2. The predicted octanol–water partition coefficient (Wildman–Crippen LogP) is 2.15. The fourth-order valence-electron chi connectivity index (χ4n) is 2.28. The minimum atomic E-state index is -3.74. The van der Waals surface area contributed by atoms with Crippen molar-refractivity contribution in [2.24, 2.45) is 0 Å². The van der Waals surface area contributed by atoms with Crippen molar-refractivity contribution in [3.8, 4) is 0 Å². The Hall–Kier alpha value is -2.95. The van der Waals surface area contributed by atoms with Gasteiger partial charge < -0.3 is 16.0 Å². The number of hydrogen-bond donors (Lipinski definition) is 3. The Morgan fingerprint density at radius 2 is 1.71 bits per heavy atom. The van der Waals surface area contributed by atoms with Gasteiger partial charge in [0.25, 0.3) is 10.0 Å². The lowest BCUT2D eigenvalue weighted by Crippen LogP contribution is -2.28. The van der Waals surface area contributed by atoms with Gasteiger partial charge in [-0.05, 0) is 42.0 Å². The molecule has 0 aliphatic carbocycles. The molecule has 2 rings (SSSR count). The number of nitrogens with zero attached hydrogens (tertiary/aromatic N) is 1. The number of nitrogens with one attached hydrogen (secondary N) is 3. The number of anilines is 2. The highest BCUT2D eigenvalue weighted by atomic mass is 32.2. The van der Waals surface area contributed by atoms with E-state index in [1.165, 1.54) is 45.3 Å². The van der Waals surface area contributed by atoms with E-state index >= 15 is 0 Å². The third kappa shape index (κ3) is 5.78. The number of carbonyl (C=O) groups excluding carboxylic acids is 2. The van der Waals surface area contributed by atoms with Gasteiger partial charge >= 0.3 is 6.03 Å². The van der Waals surface area contributed by atoms with Crippen LogP contribution in [0.25, 0.3) is 0 Å². The molecule has 0 heterocycles. The average Bonchev–Trinajstić information content (AvgIpc) is 2.66. The van der Waals surface area contributed by atoms with Crippen LogP contribution in [0.2, 0.25) is 0 Å². The molecule has 0 radical (unpaired) electrons. The molecule has 0 spiro atoms. The van der Waals surface area contributed by atoms with E-state index in [4.69, 9.17) is 4.84 Å². The van der Waals surface area contributed by atoms with Crippen LogP contribution < -0.4 is 16.0 Å². The number of urea groups is 1. The summed E-state index contributed by atoms with van der Waals surface area (Å²) in [6.45, 7) is 1.67. The zero-order chi connectivity index (χ0) is 20.7. The topological polar surface area (TPSA) is 117 Å². The Kier molecular flexibility index (Phi) is 7.10. The van der Waals surface area contributed by atoms with Crippen molar-refractivity contribution in [1.82, 2.24) is 9.79 Å². The van der Waals surface area contributed by atoms with Crippen LogP contribution in [0.4, 0.5) is 16.2 Å². The first-order chi connectivity index (χ1) is 13.2. The monoisotopic (exact) mass is 406 g/mol. The Bertz CT molecular complexity index is 945. The molecule has 0 aliphatic heterocycles. The molecule has 2 aromatic rings. The highest BCUT2D eigenvalue weighted by Gasteiger charge is 2.20. The summed E-state index contributed by atoms with van der Waals surface area (Å²) in [5, 5.41) is 7.99. The number of carbonyl (C=O) groups is 2. The van der Waals surface area contributed by atoms with Gasteiger partial charge in [-0.1, -0.05) is 16.6 Å². The molecule has 0 fully saturated rings. The molecule has 0 atom stereocenters. The summed E-state index contributed by atoms with van der Waals surface area (Å²) < 4.78 is 25.0. The van der Waals surface area contributed by atoms with Crippen molar-refractivity contribution in [3.63, 3.8) is 0 Å². The van der Waals surface area contributed by atoms with Gasteiger partial charge in [-0.2, -0.15) is 0 Å². The van der Waals surface area contributed by atoms with Gasteiger partial charge in [0.05, 0.1) is 12.0 Å². The van der Waals surface area contributed by atoms with Crippen LogP contribution >= 0.6 is 0 Å². The summed E-state index contributed by atoms with van der Waals surface area (Å²) in [5.74, 6) is -0.176. The van der Waals surface area contributed by atoms with Crippen molar-refractivity contribution in [1.29, 1.82) is 0 Å². The Morgan fingerprint density at radius 3 is 2.32 bits per heavy atom. The molecule has 150 valence electrons. The third-order valence-corrected chi connectivity index (χ3v) is 5.40. The van der Waals surface area contributed by atoms with Crippen LogP contribution in [-0.4, -0.2) is 39.0 Å². The smallest absolute Gasteiger partial charge is 0.319 e. The van der Waals surface area contributed by atoms with Crippen LogP contribution in [0, 0.1) is 0 Å². The first-order valence-corrected chi connectivity index (χ1v) is 9.71. The van der Waals surface area contributed by atoms with E-state index in [9.17, 15) is 18.0 Å². The van der Waals surface area contributed by atoms with Gasteiger partial charge in [0.2, 0.25) is 5.91 Å². The lowest BCUT2D eigenvalue weighted by Gasteiger charge is -2.14. The summed E-state index contributed by atoms with van der Waals surface area (Å²) in [5.41, 5.74) is 1.89. The number of benzene rings is 2. The summed E-state index contributed by atoms with van der Waals surface area (Å²) in [7, 11) is -1.20. The minimum absolute atomic E-state index is 0.0394. The molecule has 0 aliphatic rings. The number of hydroxylamine groups is 1. The number of sulfonamides is 1. The molecule has 28 heavy (non-hydrogen) atoms. The first kappa shape index (κ1) is 21.4. The maximum absolute atomic E-state index is 12.1. The van der Waals surface area contributed by atoms with E-state index in [1.54, 1.807) is 18.2 Å². The zero-order valence-electron chi connectivity index (χ0n) is 15.7. The fourth-order valence-corrected chi connectivity index (χ4v) is 3.25. The Morgan fingerprint density at radius 1 is 1.04 bits per heavy atom. The van der Waals surface area contributed by atoms with Gasteiger partial charge in [-0.3, -0.25) is 9.63 Å². The molecule has 9 nitrogen and oxygen atoms in total. The zero-order valence-corrected chi connectivity index (χ0v) is 16.5. The van der Waals surface area contributed by atoms with Crippen molar-refractivity contribution in [2.45, 2.75) is 18.4 Å². The first-order valence-electron chi connectivity index (χ1n) is 8.27. The predicted molar refractivity (Wildman–Crippen MR) is 105 cm³/mol. The third-order valence-electron chi connectivity index (χ3n) is 3.71. The number of hydrogen-bond acceptors (Lipinski definition) is 5. The van der Waals surface area contributed by atoms with Gasteiger partial charge in [0, 0.05) is 31.9 Å².